The molecule has 0 aliphatic heterocycles. The first-order valence-electron chi connectivity index (χ1n) is 5.66. The summed E-state index contributed by atoms with van der Waals surface area (Å²) in [5.74, 6) is 0.712. The number of nitrogens with zero attached hydrogens (tertiary/aromatic N) is 2. The predicted molar refractivity (Wildman–Crippen MR) is 68.8 cm³/mol. The molecule has 0 unspecified atom stereocenters. The molecule has 0 saturated carbocycles. The van der Waals surface area contributed by atoms with Crippen LogP contribution in [0.15, 0.2) is 24.5 Å². The molecule has 90 valence electrons. The molecule has 0 aliphatic rings. The van der Waals surface area contributed by atoms with E-state index >= 15 is 0 Å². The second-order valence-electron chi connectivity index (χ2n) is 3.77. The van der Waals surface area contributed by atoms with Gasteiger partial charge < -0.3 is 10.3 Å². The van der Waals surface area contributed by atoms with Crippen molar-refractivity contribution in [3.63, 3.8) is 0 Å². The molecule has 17 heavy (non-hydrogen) atoms. The van der Waals surface area contributed by atoms with E-state index in [2.05, 4.69) is 27.2 Å². The Labute approximate surface area is 105 Å². The molecule has 2 rings (SSSR count). The van der Waals surface area contributed by atoms with E-state index in [-0.39, 0.29) is 0 Å². The third-order valence-electron chi connectivity index (χ3n) is 2.35. The Morgan fingerprint density at radius 1 is 1.41 bits per heavy atom. The minimum Gasteiger partial charge on any atom is -0.339 e. The highest BCUT2D eigenvalue weighted by molar-refractivity contribution is 6.32. The van der Waals surface area contributed by atoms with E-state index in [0.717, 1.165) is 25.2 Å². The van der Waals surface area contributed by atoms with Crippen LogP contribution >= 0.6 is 11.6 Å². The van der Waals surface area contributed by atoms with Gasteiger partial charge in [-0.15, -0.1) is 0 Å². The molecule has 5 heteroatoms. The van der Waals surface area contributed by atoms with Crippen LogP contribution in [-0.4, -0.2) is 21.5 Å². The van der Waals surface area contributed by atoms with Gasteiger partial charge in [-0.05, 0) is 25.1 Å². The molecule has 0 aliphatic carbocycles. The third-order valence-corrected chi connectivity index (χ3v) is 2.66. The lowest BCUT2D eigenvalue weighted by molar-refractivity contribution is 0.666. The number of nitrogens with one attached hydrogen (secondary N) is 2. The largest absolute Gasteiger partial charge is 0.339 e. The van der Waals surface area contributed by atoms with Crippen molar-refractivity contribution in [2.45, 2.75) is 19.9 Å². The number of aromatic nitrogens is 3. The normalized spacial score (nSPS) is 10.7. The average molecular weight is 251 g/mol. The molecule has 4 nitrogen and oxygen atoms in total. The molecule has 0 atom stereocenters. The van der Waals surface area contributed by atoms with Crippen molar-refractivity contribution in [1.29, 1.82) is 0 Å². The van der Waals surface area contributed by atoms with Crippen LogP contribution in [0.5, 0.6) is 0 Å². The lowest BCUT2D eigenvalue weighted by atomic mass is 10.3. The van der Waals surface area contributed by atoms with E-state index in [1.165, 1.54) is 0 Å². The molecular weight excluding hydrogens is 236 g/mol. The summed E-state index contributed by atoms with van der Waals surface area (Å²) >= 11 is 6.06. The summed E-state index contributed by atoms with van der Waals surface area (Å²) in [5.41, 5.74) is 1.73. The minimum atomic E-state index is 0.606. The first kappa shape index (κ1) is 12.1. The maximum Gasteiger partial charge on any atom is 0.157 e. The average Bonchev–Trinajstić information content (AvgIpc) is 2.79. The molecule has 0 amide bonds. The van der Waals surface area contributed by atoms with Gasteiger partial charge in [-0.25, -0.2) is 4.98 Å². The topological polar surface area (TPSA) is 53.6 Å². The first-order valence-corrected chi connectivity index (χ1v) is 6.04. The quantitative estimate of drug-likeness (QED) is 0.802. The van der Waals surface area contributed by atoms with E-state index in [4.69, 9.17) is 11.6 Å². The minimum absolute atomic E-state index is 0.606. The molecule has 2 heterocycles. The van der Waals surface area contributed by atoms with Crippen molar-refractivity contribution in [2.24, 2.45) is 0 Å². The number of aromatic amines is 1. The van der Waals surface area contributed by atoms with Gasteiger partial charge in [-0.1, -0.05) is 18.5 Å². The highest BCUT2D eigenvalue weighted by Gasteiger charge is 2.08. The van der Waals surface area contributed by atoms with Crippen LogP contribution in [0.1, 0.15) is 19.0 Å². The fraction of sp³-hybridized carbons (Fsp3) is 0.333. The molecule has 0 spiro atoms. The standard InChI is InChI=1S/C12H15ClN4/c1-2-5-14-7-9-8-16-12(17-9)11-10(13)4-3-6-15-11/h3-4,6,8,14H,2,5,7H2,1H3,(H,16,17). The fourth-order valence-electron chi connectivity index (χ4n) is 1.53. The number of H-pyrrole nitrogens is 1. The van der Waals surface area contributed by atoms with Gasteiger partial charge in [0.25, 0.3) is 0 Å². The van der Waals surface area contributed by atoms with Gasteiger partial charge in [-0.3, -0.25) is 4.98 Å². The predicted octanol–water partition coefficient (Wildman–Crippen LogP) is 2.62. The summed E-state index contributed by atoms with van der Waals surface area (Å²) in [5, 5.41) is 3.91. The van der Waals surface area contributed by atoms with Gasteiger partial charge in [0.2, 0.25) is 0 Å². The monoisotopic (exact) mass is 250 g/mol. The second kappa shape index (κ2) is 5.80. The maximum absolute atomic E-state index is 6.06. The number of rotatable bonds is 5. The molecule has 0 fully saturated rings. The van der Waals surface area contributed by atoms with Gasteiger partial charge in [-0.2, -0.15) is 0 Å². The van der Waals surface area contributed by atoms with Crippen molar-refractivity contribution in [2.75, 3.05) is 6.54 Å². The summed E-state index contributed by atoms with van der Waals surface area (Å²) in [7, 11) is 0. The van der Waals surface area contributed by atoms with Crippen LogP contribution in [0.25, 0.3) is 11.5 Å². The first-order chi connectivity index (χ1) is 8.31. The Hall–Kier alpha value is -1.39. The molecule has 2 aromatic rings. The SMILES string of the molecule is CCCNCc1cnc(-c2ncccc2Cl)[nH]1. The van der Waals surface area contributed by atoms with Crippen LogP contribution in [0.4, 0.5) is 0 Å². The number of imidazole rings is 1. The van der Waals surface area contributed by atoms with E-state index in [1.807, 2.05) is 6.20 Å². The van der Waals surface area contributed by atoms with E-state index < -0.39 is 0 Å². The van der Waals surface area contributed by atoms with Gasteiger partial charge in [0.05, 0.1) is 11.2 Å². The molecule has 0 aromatic carbocycles. The van der Waals surface area contributed by atoms with Crippen molar-refractivity contribution in [1.82, 2.24) is 20.3 Å². The number of hydrogen-bond acceptors (Lipinski definition) is 3. The molecule has 0 saturated heterocycles. The Morgan fingerprint density at radius 2 is 2.29 bits per heavy atom. The number of halogens is 1. The second-order valence-corrected chi connectivity index (χ2v) is 4.17. The van der Waals surface area contributed by atoms with Gasteiger partial charge in [0.1, 0.15) is 5.69 Å². The van der Waals surface area contributed by atoms with Crippen LogP contribution < -0.4 is 5.32 Å². The molecular formula is C12H15ClN4. The van der Waals surface area contributed by atoms with Gasteiger partial charge in [0.15, 0.2) is 5.82 Å². The number of pyridine rings is 1. The Balaban J connectivity index is 2.10. The Morgan fingerprint density at radius 3 is 3.06 bits per heavy atom. The van der Waals surface area contributed by atoms with Crippen molar-refractivity contribution in [3.05, 3.63) is 35.2 Å². The van der Waals surface area contributed by atoms with Crippen LogP contribution in [0.3, 0.4) is 0 Å². The van der Waals surface area contributed by atoms with Gasteiger partial charge >= 0.3 is 0 Å². The van der Waals surface area contributed by atoms with Crippen LogP contribution in [-0.2, 0) is 6.54 Å². The smallest absolute Gasteiger partial charge is 0.157 e. The van der Waals surface area contributed by atoms with Crippen molar-refractivity contribution < 1.29 is 0 Å². The highest BCUT2D eigenvalue weighted by Crippen LogP contribution is 2.22. The van der Waals surface area contributed by atoms with E-state index in [9.17, 15) is 0 Å². The summed E-state index contributed by atoms with van der Waals surface area (Å²) in [6, 6.07) is 3.61. The van der Waals surface area contributed by atoms with Crippen molar-refractivity contribution in [3.8, 4) is 11.5 Å². The molecule has 2 aromatic heterocycles. The molecule has 2 N–H and O–H groups in total. The zero-order valence-electron chi connectivity index (χ0n) is 9.70. The van der Waals surface area contributed by atoms with Crippen LogP contribution in [0, 0.1) is 0 Å². The Kier molecular flexibility index (Phi) is 4.12. The van der Waals surface area contributed by atoms with Crippen molar-refractivity contribution >= 4 is 11.6 Å². The number of hydrogen-bond donors (Lipinski definition) is 2. The lowest BCUT2D eigenvalue weighted by Gasteiger charge is -2.00. The summed E-state index contributed by atoms with van der Waals surface area (Å²) < 4.78 is 0. The highest BCUT2D eigenvalue weighted by atomic mass is 35.5. The van der Waals surface area contributed by atoms with E-state index in [0.29, 0.717) is 16.5 Å². The summed E-state index contributed by atoms with van der Waals surface area (Å²) in [6.07, 6.45) is 4.63. The zero-order chi connectivity index (χ0) is 12.1. The fourth-order valence-corrected chi connectivity index (χ4v) is 1.74. The van der Waals surface area contributed by atoms with Gasteiger partial charge in [0, 0.05) is 18.4 Å². The Bertz CT molecular complexity index is 481. The van der Waals surface area contributed by atoms with Crippen LogP contribution in [0.2, 0.25) is 5.02 Å². The molecule has 0 radical (unpaired) electrons. The summed E-state index contributed by atoms with van der Waals surface area (Å²) in [4.78, 5) is 11.7. The van der Waals surface area contributed by atoms with E-state index in [1.54, 1.807) is 18.3 Å². The lowest BCUT2D eigenvalue weighted by Crippen LogP contribution is -2.13. The summed E-state index contributed by atoms with van der Waals surface area (Å²) in [6.45, 7) is 3.92. The third kappa shape index (κ3) is 3.05. The zero-order valence-corrected chi connectivity index (χ0v) is 10.5. The maximum atomic E-state index is 6.06. The molecule has 0 bridgehead atoms.